The van der Waals surface area contributed by atoms with E-state index in [0.717, 1.165) is 0 Å². The molecular formula is C3H3N6. The highest BCUT2D eigenvalue weighted by Gasteiger charge is 1.86. The van der Waals surface area contributed by atoms with Gasteiger partial charge in [-0.25, -0.2) is 15.0 Å². The quantitative estimate of drug-likeness (QED) is 0.426. The molecule has 0 amide bonds. The molecule has 6 heteroatoms. The van der Waals surface area contributed by atoms with Crippen molar-refractivity contribution in [2.45, 2.75) is 0 Å². The Balaban J connectivity index is 2.72. The number of hydrogen-bond acceptors (Lipinski definition) is 4. The third kappa shape index (κ3) is 1.41. The van der Waals surface area contributed by atoms with Crippen molar-refractivity contribution in [1.82, 2.24) is 20.2 Å². The molecular weight excluding hydrogens is 120 g/mol. The van der Waals surface area contributed by atoms with Gasteiger partial charge >= 0.3 is 0 Å². The number of nitrogens with one attached hydrogen (secondary N) is 1. The van der Waals surface area contributed by atoms with Crippen molar-refractivity contribution in [3.8, 4) is 0 Å². The van der Waals surface area contributed by atoms with E-state index in [0.29, 0.717) is 0 Å². The number of anilines is 1. The molecule has 0 saturated carbocycles. The molecule has 45 valence electrons. The van der Waals surface area contributed by atoms with Crippen LogP contribution in [0.15, 0.2) is 12.7 Å². The van der Waals surface area contributed by atoms with Crippen molar-refractivity contribution in [3.05, 3.63) is 18.2 Å². The minimum atomic E-state index is 0.215. The van der Waals surface area contributed by atoms with Crippen LogP contribution in [0, 0.1) is 0 Å². The van der Waals surface area contributed by atoms with E-state index in [9.17, 15) is 0 Å². The maximum atomic E-state index is 7.93. The van der Waals surface area contributed by atoms with E-state index in [2.05, 4.69) is 25.6 Å². The molecule has 0 unspecified atom stereocenters. The van der Waals surface area contributed by atoms with Crippen molar-refractivity contribution in [1.29, 1.82) is 0 Å². The first-order valence-corrected chi connectivity index (χ1v) is 2.15. The summed E-state index contributed by atoms with van der Waals surface area (Å²) in [6.45, 7) is 0. The summed E-state index contributed by atoms with van der Waals surface area (Å²) < 4.78 is 0. The molecule has 1 heterocycles. The van der Waals surface area contributed by atoms with Gasteiger partial charge in [0, 0.05) is 0 Å². The van der Waals surface area contributed by atoms with Crippen LogP contribution in [0.5, 0.6) is 0 Å². The molecule has 0 aromatic carbocycles. The molecule has 0 spiro atoms. The summed E-state index contributed by atoms with van der Waals surface area (Å²) in [7, 11) is 0. The van der Waals surface area contributed by atoms with Crippen LogP contribution in [0.4, 0.5) is 5.95 Å². The van der Waals surface area contributed by atoms with Crippen LogP contribution in [0.25, 0.3) is 5.53 Å². The normalized spacial score (nSPS) is 8.44. The first-order valence-electron chi connectivity index (χ1n) is 2.15. The zero-order valence-electron chi connectivity index (χ0n) is 4.39. The Bertz CT molecular complexity index is 183. The van der Waals surface area contributed by atoms with Crippen molar-refractivity contribution >= 4 is 5.95 Å². The molecule has 1 rings (SSSR count). The van der Waals surface area contributed by atoms with Gasteiger partial charge in [-0.3, -0.25) is 0 Å². The average molecular weight is 123 g/mol. The molecule has 0 atom stereocenters. The molecule has 6 nitrogen and oxygen atoms in total. The lowest BCUT2D eigenvalue weighted by Gasteiger charge is -1.88. The largest absolute Gasteiger partial charge is 0.225 e. The van der Waals surface area contributed by atoms with Crippen LogP contribution in [0.2, 0.25) is 0 Å². The minimum absolute atomic E-state index is 0.215. The van der Waals surface area contributed by atoms with E-state index in [1.165, 1.54) is 12.7 Å². The Morgan fingerprint density at radius 2 is 2.11 bits per heavy atom. The Morgan fingerprint density at radius 3 is 2.67 bits per heavy atom. The SMILES string of the molecule is [N-]=[N+]Nc1ncncn1. The molecule has 0 fully saturated rings. The van der Waals surface area contributed by atoms with Gasteiger partial charge in [0.05, 0.1) is 0 Å². The molecule has 0 bridgehead atoms. The Morgan fingerprint density at radius 1 is 1.44 bits per heavy atom. The van der Waals surface area contributed by atoms with Gasteiger partial charge in [0.1, 0.15) is 17.9 Å². The summed E-state index contributed by atoms with van der Waals surface area (Å²) in [6.07, 6.45) is 2.58. The molecule has 9 heavy (non-hydrogen) atoms. The summed E-state index contributed by atoms with van der Waals surface area (Å²) in [5.74, 6) is 0.215. The van der Waals surface area contributed by atoms with Gasteiger partial charge in [-0.2, -0.15) is 5.43 Å². The zero-order chi connectivity index (χ0) is 6.53. The third-order valence-electron chi connectivity index (χ3n) is 0.643. The number of rotatable bonds is 2. The van der Waals surface area contributed by atoms with Crippen molar-refractivity contribution < 1.29 is 0 Å². The molecule has 1 N–H and O–H groups in total. The van der Waals surface area contributed by atoms with Gasteiger partial charge < -0.3 is 0 Å². The fraction of sp³-hybridized carbons (Fsp3) is 0. The number of aromatic nitrogens is 3. The lowest BCUT2D eigenvalue weighted by atomic mass is 11.0. The molecule has 1 aromatic rings. The van der Waals surface area contributed by atoms with Crippen LogP contribution in [0.3, 0.4) is 0 Å². The summed E-state index contributed by atoms with van der Waals surface area (Å²) >= 11 is 0. The van der Waals surface area contributed by atoms with Gasteiger partial charge in [0.25, 0.3) is 0 Å². The predicted octanol–water partition coefficient (Wildman–Crippen LogP) is -0.444. The van der Waals surface area contributed by atoms with Gasteiger partial charge in [0.2, 0.25) is 0 Å². The van der Waals surface area contributed by atoms with E-state index in [-0.39, 0.29) is 5.95 Å². The molecule has 1 radical (unpaired) electrons. The summed E-state index contributed by atoms with van der Waals surface area (Å²) in [4.78, 5) is 10.7. The van der Waals surface area contributed by atoms with E-state index < -0.39 is 0 Å². The van der Waals surface area contributed by atoms with E-state index in [1.807, 2.05) is 0 Å². The fourth-order valence-corrected chi connectivity index (χ4v) is 0.342. The van der Waals surface area contributed by atoms with Crippen LogP contribution >= 0.6 is 0 Å². The number of hydrogen-bond donors (Lipinski definition) is 1. The Hall–Kier alpha value is -1.59. The smallest absolute Gasteiger partial charge is 0.198 e. The summed E-state index contributed by atoms with van der Waals surface area (Å²) in [6, 6.07) is 0. The van der Waals surface area contributed by atoms with Crippen molar-refractivity contribution in [2.24, 2.45) is 0 Å². The second kappa shape index (κ2) is 2.65. The van der Waals surface area contributed by atoms with Crippen LogP contribution < -0.4 is 10.6 Å². The first kappa shape index (κ1) is 5.54. The topological polar surface area (TPSA) is 87.1 Å². The van der Waals surface area contributed by atoms with Crippen molar-refractivity contribution in [2.75, 3.05) is 5.43 Å². The fourth-order valence-electron chi connectivity index (χ4n) is 0.342. The maximum Gasteiger partial charge on any atom is 0.198 e. The molecule has 0 aliphatic rings. The van der Waals surface area contributed by atoms with Crippen LogP contribution in [0.1, 0.15) is 0 Å². The lowest BCUT2D eigenvalue weighted by Crippen LogP contribution is -2.01. The minimum Gasteiger partial charge on any atom is -0.225 e. The van der Waals surface area contributed by atoms with Gasteiger partial charge in [-0.1, -0.05) is 5.53 Å². The highest BCUT2D eigenvalue weighted by molar-refractivity contribution is 5.17. The highest BCUT2D eigenvalue weighted by Crippen LogP contribution is 1.86. The second-order valence-electron chi connectivity index (χ2n) is 1.17. The molecule has 0 aliphatic heterocycles. The highest BCUT2D eigenvalue weighted by atomic mass is 15.4. The molecule has 1 aromatic heterocycles. The van der Waals surface area contributed by atoms with Gasteiger partial charge in [-0.15, -0.1) is 0 Å². The zero-order valence-corrected chi connectivity index (χ0v) is 4.39. The summed E-state index contributed by atoms with van der Waals surface area (Å²) in [5.41, 5.74) is 10.1. The van der Waals surface area contributed by atoms with E-state index >= 15 is 0 Å². The lowest BCUT2D eigenvalue weighted by molar-refractivity contribution is 0.998. The standard InChI is InChI=1S/C3H3N6/c4-9-8-3-6-1-5-2-7-3/h1-2H,(H-,4,5,6,7,8). The maximum absolute atomic E-state index is 7.93. The predicted molar refractivity (Wildman–Crippen MR) is 28.9 cm³/mol. The van der Waals surface area contributed by atoms with Gasteiger partial charge in [-0.05, 0) is 0 Å². The van der Waals surface area contributed by atoms with Crippen LogP contribution in [-0.2, 0) is 0 Å². The monoisotopic (exact) mass is 123 g/mol. The first-order chi connectivity index (χ1) is 4.43. The van der Waals surface area contributed by atoms with E-state index in [1.54, 1.807) is 0 Å². The molecule has 0 aliphatic carbocycles. The van der Waals surface area contributed by atoms with Crippen molar-refractivity contribution in [3.63, 3.8) is 0 Å². The van der Waals surface area contributed by atoms with E-state index in [4.69, 9.17) is 5.53 Å². The Kier molecular flexibility index (Phi) is 1.63. The van der Waals surface area contributed by atoms with Gasteiger partial charge in [0.15, 0.2) is 5.95 Å². The second-order valence-corrected chi connectivity index (χ2v) is 1.17. The third-order valence-corrected chi connectivity index (χ3v) is 0.643. The summed E-state index contributed by atoms with van der Waals surface area (Å²) in [5, 5.41) is 2.60. The molecule has 0 saturated heterocycles. The average Bonchev–Trinajstić information content (AvgIpc) is 1.91. The number of nitrogens with zero attached hydrogens (tertiary/aromatic N) is 5. The van der Waals surface area contributed by atoms with Crippen LogP contribution in [-0.4, -0.2) is 15.0 Å². The Labute approximate surface area is 50.8 Å².